The van der Waals surface area contributed by atoms with Gasteiger partial charge in [-0.1, -0.05) is 32.9 Å². The smallest absolute Gasteiger partial charge is 0.230 e. The molecule has 0 aliphatic carbocycles. The summed E-state index contributed by atoms with van der Waals surface area (Å²) in [6.07, 6.45) is 2.92. The average Bonchev–Trinajstić information content (AvgIpc) is 2.88. The molecule has 0 spiro atoms. The quantitative estimate of drug-likeness (QED) is 0.848. The van der Waals surface area contributed by atoms with Gasteiger partial charge in [0, 0.05) is 24.2 Å². The Labute approximate surface area is 146 Å². The zero-order valence-electron chi connectivity index (χ0n) is 14.7. The zero-order chi connectivity index (χ0) is 15.9. The average molecular weight is 337 g/mol. The Morgan fingerprint density at radius 1 is 1.30 bits per heavy atom. The predicted molar refractivity (Wildman–Crippen MR) is 98.6 cm³/mol. The highest BCUT2D eigenvalue weighted by Crippen LogP contribution is 2.34. The fourth-order valence-electron chi connectivity index (χ4n) is 3.67. The fourth-order valence-corrected chi connectivity index (χ4v) is 3.67. The lowest BCUT2D eigenvalue weighted by atomic mass is 9.86. The monoisotopic (exact) mass is 336 g/mol. The van der Waals surface area contributed by atoms with Crippen molar-refractivity contribution >= 4 is 24.0 Å². The highest BCUT2D eigenvalue weighted by atomic mass is 35.5. The van der Waals surface area contributed by atoms with Gasteiger partial charge >= 0.3 is 0 Å². The van der Waals surface area contributed by atoms with Crippen LogP contribution in [0.15, 0.2) is 18.2 Å². The molecule has 0 radical (unpaired) electrons. The lowest BCUT2D eigenvalue weighted by Gasteiger charge is -2.30. The summed E-state index contributed by atoms with van der Waals surface area (Å²) in [6.45, 7) is 10.7. The number of rotatable bonds is 1. The van der Waals surface area contributed by atoms with E-state index in [1.807, 2.05) is 4.90 Å². The van der Waals surface area contributed by atoms with Gasteiger partial charge in [0.05, 0.1) is 0 Å². The number of hydrogen-bond acceptors (Lipinski definition) is 2. The molecule has 1 aromatic rings. The molecule has 4 heteroatoms. The van der Waals surface area contributed by atoms with Crippen molar-refractivity contribution in [3.63, 3.8) is 0 Å². The van der Waals surface area contributed by atoms with Gasteiger partial charge < -0.3 is 10.2 Å². The minimum absolute atomic E-state index is 0. The van der Waals surface area contributed by atoms with Crippen molar-refractivity contribution < 1.29 is 4.79 Å². The number of anilines is 1. The van der Waals surface area contributed by atoms with Crippen LogP contribution in [0.5, 0.6) is 0 Å². The number of carbonyl (C=O) groups excluding carboxylic acids is 1. The molecular weight excluding hydrogens is 308 g/mol. The van der Waals surface area contributed by atoms with E-state index in [4.69, 9.17) is 0 Å². The van der Waals surface area contributed by atoms with Crippen LogP contribution in [0.1, 0.15) is 51.7 Å². The van der Waals surface area contributed by atoms with Crippen molar-refractivity contribution in [3.8, 4) is 0 Å². The van der Waals surface area contributed by atoms with Crippen molar-refractivity contribution in [1.82, 2.24) is 5.32 Å². The molecule has 23 heavy (non-hydrogen) atoms. The molecule has 3 rings (SSSR count). The van der Waals surface area contributed by atoms with Gasteiger partial charge in [0.2, 0.25) is 5.91 Å². The van der Waals surface area contributed by atoms with Gasteiger partial charge in [0.15, 0.2) is 0 Å². The van der Waals surface area contributed by atoms with Crippen LogP contribution >= 0.6 is 12.4 Å². The van der Waals surface area contributed by atoms with Crippen molar-refractivity contribution in [2.24, 2.45) is 5.92 Å². The SMILES string of the molecule is C[C@H]1C[C@@H](C(=O)N2CCc3cc(C(C)(C)C)ccc32)CCN1.Cl. The second kappa shape index (κ2) is 6.82. The fraction of sp³-hybridized carbons (Fsp3) is 0.632. The van der Waals surface area contributed by atoms with Crippen LogP contribution in [0, 0.1) is 5.92 Å². The minimum Gasteiger partial charge on any atom is -0.314 e. The third-order valence-electron chi connectivity index (χ3n) is 5.08. The summed E-state index contributed by atoms with van der Waals surface area (Å²) >= 11 is 0. The Balaban J connectivity index is 0.00000192. The zero-order valence-corrected chi connectivity index (χ0v) is 15.5. The molecular formula is C19H29ClN2O. The first kappa shape index (κ1) is 18.3. The molecule has 1 amide bonds. The van der Waals surface area contributed by atoms with Gasteiger partial charge in [0.25, 0.3) is 0 Å². The minimum atomic E-state index is 0. The highest BCUT2D eigenvalue weighted by Gasteiger charge is 2.33. The van der Waals surface area contributed by atoms with Crippen LogP contribution in [0.25, 0.3) is 0 Å². The molecule has 2 atom stereocenters. The molecule has 1 N–H and O–H groups in total. The van der Waals surface area contributed by atoms with Gasteiger partial charge in [-0.3, -0.25) is 4.79 Å². The van der Waals surface area contributed by atoms with Gasteiger partial charge in [-0.2, -0.15) is 0 Å². The molecule has 1 saturated heterocycles. The van der Waals surface area contributed by atoms with E-state index in [2.05, 4.69) is 51.2 Å². The van der Waals surface area contributed by atoms with Crippen LogP contribution in [-0.2, 0) is 16.6 Å². The van der Waals surface area contributed by atoms with Crippen molar-refractivity contribution in [2.45, 2.75) is 58.4 Å². The largest absolute Gasteiger partial charge is 0.314 e. The first-order chi connectivity index (χ1) is 10.4. The van der Waals surface area contributed by atoms with Crippen LogP contribution in [0.3, 0.4) is 0 Å². The number of nitrogens with one attached hydrogen (secondary N) is 1. The standard InChI is InChI=1S/C19H28N2O.ClH/c1-13-11-15(7-9-20-13)18(22)21-10-8-14-12-16(19(2,3)4)5-6-17(14)21;/h5-6,12-13,15,20H,7-11H2,1-4H3;1H/t13-,15-;/m0./s1. The number of piperidine rings is 1. The number of nitrogens with zero attached hydrogens (tertiary/aromatic N) is 1. The Bertz CT molecular complexity index is 579. The van der Waals surface area contributed by atoms with E-state index in [0.29, 0.717) is 11.9 Å². The van der Waals surface area contributed by atoms with Crippen LogP contribution < -0.4 is 10.2 Å². The number of carbonyl (C=O) groups is 1. The van der Waals surface area contributed by atoms with E-state index in [0.717, 1.165) is 38.0 Å². The van der Waals surface area contributed by atoms with Gasteiger partial charge in [-0.15, -0.1) is 12.4 Å². The predicted octanol–water partition coefficient (Wildman–Crippen LogP) is 3.68. The maximum atomic E-state index is 12.9. The van der Waals surface area contributed by atoms with Crippen LogP contribution in [-0.4, -0.2) is 25.0 Å². The van der Waals surface area contributed by atoms with Gasteiger partial charge in [0.1, 0.15) is 0 Å². The third kappa shape index (κ3) is 3.72. The highest BCUT2D eigenvalue weighted by molar-refractivity contribution is 5.97. The first-order valence-corrected chi connectivity index (χ1v) is 8.54. The number of amides is 1. The van der Waals surface area contributed by atoms with Crippen molar-refractivity contribution in [3.05, 3.63) is 29.3 Å². The van der Waals surface area contributed by atoms with E-state index >= 15 is 0 Å². The summed E-state index contributed by atoms with van der Waals surface area (Å²) in [5.74, 6) is 0.514. The lowest BCUT2D eigenvalue weighted by Crippen LogP contribution is -2.43. The molecule has 3 nitrogen and oxygen atoms in total. The Hall–Kier alpha value is -1.06. The molecule has 0 unspecified atom stereocenters. The van der Waals surface area contributed by atoms with Crippen molar-refractivity contribution in [2.75, 3.05) is 18.0 Å². The Morgan fingerprint density at radius 2 is 2.04 bits per heavy atom. The molecule has 128 valence electrons. The Morgan fingerprint density at radius 3 is 2.70 bits per heavy atom. The maximum absolute atomic E-state index is 12.9. The summed E-state index contributed by atoms with van der Waals surface area (Å²) in [5, 5.41) is 3.43. The lowest BCUT2D eigenvalue weighted by molar-refractivity contribution is -0.123. The van der Waals surface area contributed by atoms with E-state index in [9.17, 15) is 4.79 Å². The number of halogens is 1. The van der Waals surface area contributed by atoms with Crippen LogP contribution in [0.2, 0.25) is 0 Å². The normalized spacial score (nSPS) is 24.1. The number of fused-ring (bicyclic) bond motifs is 1. The second-order valence-corrected chi connectivity index (χ2v) is 7.91. The molecule has 2 aliphatic heterocycles. The number of hydrogen-bond donors (Lipinski definition) is 1. The molecule has 0 aromatic heterocycles. The summed E-state index contributed by atoms with van der Waals surface area (Å²) in [5.41, 5.74) is 4.00. The molecule has 1 fully saturated rings. The summed E-state index contributed by atoms with van der Waals surface area (Å²) in [7, 11) is 0. The summed E-state index contributed by atoms with van der Waals surface area (Å²) < 4.78 is 0. The van der Waals surface area contributed by atoms with Crippen LogP contribution in [0.4, 0.5) is 5.69 Å². The maximum Gasteiger partial charge on any atom is 0.230 e. The summed E-state index contributed by atoms with van der Waals surface area (Å²) in [4.78, 5) is 14.9. The molecule has 1 aromatic carbocycles. The van der Waals surface area contributed by atoms with Gasteiger partial charge in [-0.25, -0.2) is 0 Å². The van der Waals surface area contributed by atoms with E-state index < -0.39 is 0 Å². The number of benzene rings is 1. The molecule has 2 aliphatic rings. The Kier molecular flexibility index (Phi) is 5.42. The van der Waals surface area contributed by atoms with E-state index in [1.54, 1.807) is 0 Å². The molecule has 0 saturated carbocycles. The van der Waals surface area contributed by atoms with Gasteiger partial charge in [-0.05, 0) is 55.3 Å². The van der Waals surface area contributed by atoms with E-state index in [1.165, 1.54) is 11.1 Å². The van der Waals surface area contributed by atoms with Crippen molar-refractivity contribution in [1.29, 1.82) is 0 Å². The molecule has 0 bridgehead atoms. The topological polar surface area (TPSA) is 32.3 Å². The molecule has 2 heterocycles. The second-order valence-electron chi connectivity index (χ2n) is 7.91. The third-order valence-corrected chi connectivity index (χ3v) is 5.08. The van der Waals surface area contributed by atoms with E-state index in [-0.39, 0.29) is 23.7 Å². The first-order valence-electron chi connectivity index (χ1n) is 8.54. The summed E-state index contributed by atoms with van der Waals surface area (Å²) in [6, 6.07) is 7.10.